The smallest absolute Gasteiger partial charge is 0.318 e. The summed E-state index contributed by atoms with van der Waals surface area (Å²) in [5, 5.41) is 4.34. The maximum atomic E-state index is 13.2. The lowest BCUT2D eigenvalue weighted by molar-refractivity contribution is -0.143. The molecule has 1 N–H and O–H groups in total. The molecule has 3 aromatic rings. The first-order valence-corrected chi connectivity index (χ1v) is 11.0. The molecule has 1 aromatic heterocycles. The Bertz CT molecular complexity index is 1070. The number of urea groups is 1. The quantitative estimate of drug-likeness (QED) is 0.602. The van der Waals surface area contributed by atoms with E-state index in [0.29, 0.717) is 19.7 Å². The summed E-state index contributed by atoms with van der Waals surface area (Å²) in [4.78, 5) is 27.2. The van der Waals surface area contributed by atoms with Crippen LogP contribution in [0.25, 0.3) is 10.9 Å². The predicted molar refractivity (Wildman–Crippen MR) is 121 cm³/mol. The summed E-state index contributed by atoms with van der Waals surface area (Å²) in [7, 11) is 0. The van der Waals surface area contributed by atoms with Crippen molar-refractivity contribution in [3.63, 3.8) is 0 Å². The molecule has 2 heterocycles. The first kappa shape index (κ1) is 21.0. The largest absolute Gasteiger partial charge is 0.466 e. The van der Waals surface area contributed by atoms with Crippen LogP contribution >= 0.6 is 0 Å². The van der Waals surface area contributed by atoms with E-state index >= 15 is 0 Å². The van der Waals surface area contributed by atoms with E-state index in [1.807, 2.05) is 35.2 Å². The number of esters is 1. The molecule has 0 unspecified atom stereocenters. The Balaban J connectivity index is 1.55. The van der Waals surface area contributed by atoms with Crippen molar-refractivity contribution in [3.8, 4) is 0 Å². The van der Waals surface area contributed by atoms with Crippen LogP contribution < -0.4 is 5.32 Å². The molecule has 0 aliphatic carbocycles. The number of hydrogen-bond acceptors (Lipinski definition) is 3. The number of carbonyl (C=O) groups excluding carboxylic acids is 2. The van der Waals surface area contributed by atoms with Crippen LogP contribution in [-0.4, -0.2) is 34.6 Å². The number of aryl methyl sites for hydroxylation is 1. The Hall–Kier alpha value is -3.28. The predicted octanol–water partition coefficient (Wildman–Crippen LogP) is 4.42. The Morgan fingerprint density at radius 2 is 1.87 bits per heavy atom. The number of nitrogens with one attached hydrogen (secondary N) is 1. The molecule has 6 heteroatoms. The third-order valence-corrected chi connectivity index (χ3v) is 5.89. The summed E-state index contributed by atoms with van der Waals surface area (Å²) in [6, 6.07) is 15.3. The molecule has 0 saturated heterocycles. The van der Waals surface area contributed by atoms with Crippen molar-refractivity contribution >= 4 is 22.9 Å². The minimum atomic E-state index is -0.430. The van der Waals surface area contributed by atoms with Gasteiger partial charge in [0.2, 0.25) is 0 Å². The molecular weight excluding hydrogens is 390 g/mol. The van der Waals surface area contributed by atoms with Gasteiger partial charge in [-0.1, -0.05) is 42.5 Å². The highest BCUT2D eigenvalue weighted by Crippen LogP contribution is 2.30. The van der Waals surface area contributed by atoms with E-state index in [9.17, 15) is 9.59 Å². The number of rotatable bonds is 6. The van der Waals surface area contributed by atoms with Gasteiger partial charge in [-0.25, -0.2) is 4.79 Å². The monoisotopic (exact) mass is 419 g/mol. The van der Waals surface area contributed by atoms with E-state index in [4.69, 9.17) is 4.74 Å². The van der Waals surface area contributed by atoms with Crippen molar-refractivity contribution in [1.82, 2.24) is 14.8 Å². The average Bonchev–Trinajstić information content (AvgIpc) is 3.04. The molecule has 2 amide bonds. The molecule has 0 radical (unpaired) electrons. The molecule has 4 rings (SSSR count). The van der Waals surface area contributed by atoms with E-state index < -0.39 is 6.04 Å². The Kier molecular flexibility index (Phi) is 6.26. The molecule has 0 spiro atoms. The molecule has 162 valence electrons. The van der Waals surface area contributed by atoms with Crippen LogP contribution in [-0.2, 0) is 29.0 Å². The second-order valence-electron chi connectivity index (χ2n) is 7.85. The van der Waals surface area contributed by atoms with Crippen LogP contribution in [0.4, 0.5) is 4.79 Å². The fourth-order valence-electron chi connectivity index (χ4n) is 4.38. The number of aromatic nitrogens is 1. The van der Waals surface area contributed by atoms with Crippen LogP contribution in [0.2, 0.25) is 0 Å². The van der Waals surface area contributed by atoms with Crippen molar-refractivity contribution in [2.45, 2.75) is 45.8 Å². The van der Waals surface area contributed by atoms with E-state index in [1.54, 1.807) is 6.92 Å². The summed E-state index contributed by atoms with van der Waals surface area (Å²) in [6.45, 7) is 6.36. The van der Waals surface area contributed by atoms with E-state index in [-0.39, 0.29) is 18.4 Å². The van der Waals surface area contributed by atoms with Crippen LogP contribution in [0.1, 0.15) is 43.0 Å². The van der Waals surface area contributed by atoms with Gasteiger partial charge in [0.15, 0.2) is 0 Å². The van der Waals surface area contributed by atoms with Crippen LogP contribution in [0.15, 0.2) is 54.7 Å². The zero-order valence-corrected chi connectivity index (χ0v) is 18.1. The molecule has 6 nitrogen and oxygen atoms in total. The zero-order valence-electron chi connectivity index (χ0n) is 18.1. The van der Waals surface area contributed by atoms with Crippen LogP contribution in [0.3, 0.4) is 0 Å². The number of carbonyl (C=O) groups is 2. The minimum absolute atomic E-state index is 0.106. The van der Waals surface area contributed by atoms with Gasteiger partial charge in [-0.2, -0.15) is 0 Å². The molecule has 0 saturated carbocycles. The SMILES string of the molecule is CCOC(=O)C[C@H](NC(=O)N1CCc2cn(CC)c3cccc(c23)C1)c1ccccc1. The van der Waals surface area contributed by atoms with E-state index in [0.717, 1.165) is 24.1 Å². The Morgan fingerprint density at radius 1 is 1.06 bits per heavy atom. The lowest BCUT2D eigenvalue weighted by atomic mass is 10.0. The molecule has 0 fully saturated rings. The average molecular weight is 420 g/mol. The normalized spacial score (nSPS) is 14.2. The summed E-state index contributed by atoms with van der Waals surface area (Å²) >= 11 is 0. The zero-order chi connectivity index (χ0) is 21.8. The van der Waals surface area contributed by atoms with Gasteiger partial charge in [0, 0.05) is 36.7 Å². The van der Waals surface area contributed by atoms with Crippen molar-refractivity contribution in [3.05, 3.63) is 71.4 Å². The van der Waals surface area contributed by atoms with Crippen molar-refractivity contribution in [1.29, 1.82) is 0 Å². The summed E-state index contributed by atoms with van der Waals surface area (Å²) in [5.74, 6) is -0.318. The number of amides is 2. The molecule has 1 aliphatic rings. The summed E-state index contributed by atoms with van der Waals surface area (Å²) < 4.78 is 7.40. The van der Waals surface area contributed by atoms with Gasteiger partial charge in [-0.05, 0) is 43.0 Å². The summed E-state index contributed by atoms with van der Waals surface area (Å²) in [6.07, 6.45) is 3.12. The maximum absolute atomic E-state index is 13.2. The Morgan fingerprint density at radius 3 is 2.61 bits per heavy atom. The van der Waals surface area contributed by atoms with Gasteiger partial charge in [-0.15, -0.1) is 0 Å². The second-order valence-corrected chi connectivity index (χ2v) is 7.85. The summed E-state index contributed by atoms with van der Waals surface area (Å²) in [5.41, 5.74) is 4.56. The minimum Gasteiger partial charge on any atom is -0.466 e. The third-order valence-electron chi connectivity index (χ3n) is 5.89. The van der Waals surface area contributed by atoms with Crippen molar-refractivity contribution < 1.29 is 14.3 Å². The van der Waals surface area contributed by atoms with Gasteiger partial charge in [0.05, 0.1) is 19.1 Å². The Labute approximate surface area is 182 Å². The van der Waals surface area contributed by atoms with Crippen molar-refractivity contribution in [2.24, 2.45) is 0 Å². The number of ether oxygens (including phenoxy) is 1. The van der Waals surface area contributed by atoms with Crippen LogP contribution in [0.5, 0.6) is 0 Å². The molecule has 1 atom stereocenters. The van der Waals surface area contributed by atoms with Gasteiger partial charge < -0.3 is 19.5 Å². The molecular formula is C25H29N3O3. The van der Waals surface area contributed by atoms with Gasteiger partial charge in [0.25, 0.3) is 0 Å². The number of nitrogens with zero attached hydrogens (tertiary/aromatic N) is 2. The molecule has 2 aromatic carbocycles. The number of benzene rings is 2. The van der Waals surface area contributed by atoms with Gasteiger partial charge in [0.1, 0.15) is 0 Å². The maximum Gasteiger partial charge on any atom is 0.318 e. The first-order chi connectivity index (χ1) is 15.1. The van der Waals surface area contributed by atoms with E-state index in [1.165, 1.54) is 16.5 Å². The second kappa shape index (κ2) is 9.25. The van der Waals surface area contributed by atoms with Crippen LogP contribution in [0, 0.1) is 0 Å². The highest BCUT2D eigenvalue weighted by atomic mass is 16.5. The fraction of sp³-hybridized carbons (Fsp3) is 0.360. The fourth-order valence-corrected chi connectivity index (χ4v) is 4.38. The van der Waals surface area contributed by atoms with Gasteiger partial charge >= 0.3 is 12.0 Å². The third kappa shape index (κ3) is 4.43. The first-order valence-electron chi connectivity index (χ1n) is 11.0. The lowest BCUT2D eigenvalue weighted by Crippen LogP contribution is -2.42. The number of hydrogen-bond donors (Lipinski definition) is 1. The molecule has 0 bridgehead atoms. The highest BCUT2D eigenvalue weighted by molar-refractivity contribution is 5.88. The van der Waals surface area contributed by atoms with Crippen molar-refractivity contribution in [2.75, 3.05) is 13.2 Å². The topological polar surface area (TPSA) is 63.6 Å². The van der Waals surface area contributed by atoms with E-state index in [2.05, 4.69) is 41.2 Å². The van der Waals surface area contributed by atoms with Gasteiger partial charge in [-0.3, -0.25) is 4.79 Å². The molecule has 31 heavy (non-hydrogen) atoms. The standard InChI is InChI=1S/C25H29N3O3/c1-3-27-16-20-13-14-28(17-19-11-8-12-22(27)24(19)20)25(30)26-21(15-23(29)31-4-2)18-9-6-5-7-10-18/h5-12,16,21H,3-4,13-15,17H2,1-2H3,(H,26,30)/t21-/m0/s1. The molecule has 1 aliphatic heterocycles. The highest BCUT2D eigenvalue weighted by Gasteiger charge is 2.25. The lowest BCUT2D eigenvalue weighted by Gasteiger charge is -2.26.